The van der Waals surface area contributed by atoms with Gasteiger partial charge < -0.3 is 24.5 Å². The second-order valence-corrected chi connectivity index (χ2v) is 8.95. The summed E-state index contributed by atoms with van der Waals surface area (Å²) < 4.78 is 8.99. The van der Waals surface area contributed by atoms with Crippen LogP contribution in [0.4, 0.5) is 10.5 Å². The van der Waals surface area contributed by atoms with E-state index in [4.69, 9.17) is 4.74 Å². The van der Waals surface area contributed by atoms with Gasteiger partial charge in [0.05, 0.1) is 31.0 Å². The molecule has 0 bridgehead atoms. The topological polar surface area (TPSA) is 117 Å². The van der Waals surface area contributed by atoms with Crippen LogP contribution >= 0.6 is 0 Å². The summed E-state index contributed by atoms with van der Waals surface area (Å²) in [7, 11) is 4.52. The van der Waals surface area contributed by atoms with Gasteiger partial charge in [-0.15, -0.1) is 0 Å². The number of amides is 2. The second kappa shape index (κ2) is 12.4. The second-order valence-electron chi connectivity index (χ2n) is 8.95. The van der Waals surface area contributed by atoms with Gasteiger partial charge in [0.25, 0.3) is 5.91 Å². The first-order valence-electron chi connectivity index (χ1n) is 12.3. The van der Waals surface area contributed by atoms with Crippen LogP contribution in [-0.2, 0) is 9.47 Å². The molecule has 3 heterocycles. The first-order valence-corrected chi connectivity index (χ1v) is 12.3. The van der Waals surface area contributed by atoms with Crippen molar-refractivity contribution in [3.63, 3.8) is 0 Å². The minimum absolute atomic E-state index is 0.0957. The summed E-state index contributed by atoms with van der Waals surface area (Å²) in [4.78, 5) is 34.9. The number of aliphatic hydroxyl groups is 1. The Balaban J connectivity index is 0.00000107. The van der Waals surface area contributed by atoms with Crippen LogP contribution in [0.2, 0.25) is 0 Å². The van der Waals surface area contributed by atoms with Crippen LogP contribution in [0.1, 0.15) is 23.2 Å². The van der Waals surface area contributed by atoms with E-state index in [0.29, 0.717) is 17.8 Å². The van der Waals surface area contributed by atoms with Crippen molar-refractivity contribution in [1.82, 2.24) is 14.9 Å². The zero-order valence-electron chi connectivity index (χ0n) is 21.7. The van der Waals surface area contributed by atoms with E-state index in [1.54, 1.807) is 37.4 Å². The van der Waals surface area contributed by atoms with Crippen molar-refractivity contribution in [2.45, 2.75) is 18.9 Å². The van der Waals surface area contributed by atoms with Crippen molar-refractivity contribution in [3.8, 4) is 22.3 Å². The van der Waals surface area contributed by atoms with Gasteiger partial charge in [-0.25, -0.2) is 9.78 Å². The fraction of sp³-hybridized carbons (Fsp3) is 0.276. The number of H-pyrrole nitrogens is 1. The first kappa shape index (κ1) is 26.8. The van der Waals surface area contributed by atoms with Crippen LogP contribution in [0.25, 0.3) is 33.3 Å². The predicted octanol–water partition coefficient (Wildman–Crippen LogP) is 4.93. The molecule has 0 radical (unpaired) electrons. The monoisotopic (exact) mass is 516 g/mol. The number of aromatic amines is 1. The SMILES string of the molecule is COC.COC(=O)Nc1ccc(-c2cnc3[nH]cc(-c4ccccc4)c3c2)cc1C(=O)N1CCC[C@@H]1CO. The van der Waals surface area contributed by atoms with E-state index >= 15 is 0 Å². The van der Waals surface area contributed by atoms with Crippen molar-refractivity contribution < 1.29 is 24.2 Å². The molecule has 198 valence electrons. The molecule has 9 nitrogen and oxygen atoms in total. The zero-order valence-corrected chi connectivity index (χ0v) is 21.7. The predicted molar refractivity (Wildman–Crippen MR) is 147 cm³/mol. The summed E-state index contributed by atoms with van der Waals surface area (Å²) in [5, 5.41) is 13.3. The van der Waals surface area contributed by atoms with Gasteiger partial charge in [-0.1, -0.05) is 36.4 Å². The standard InChI is InChI=1S/C27H26N4O4.C2H6O/c1-35-27(34)30-24-10-9-18(12-22(24)26(33)31-11-5-8-20(31)16-32)19-13-21-23(15-29-25(21)28-14-19)17-6-3-2-4-7-17;1-3-2/h2-4,6-7,9-10,12-15,20,32H,5,8,11,16H2,1H3,(H,28,29)(H,30,34);1-2H3/t20-;/m1./s1. The molecule has 0 unspecified atom stereocenters. The molecule has 0 spiro atoms. The fourth-order valence-electron chi connectivity index (χ4n) is 4.64. The van der Waals surface area contributed by atoms with Crippen molar-refractivity contribution in [1.29, 1.82) is 0 Å². The maximum atomic E-state index is 13.5. The lowest BCUT2D eigenvalue weighted by Gasteiger charge is -2.24. The third-order valence-electron chi connectivity index (χ3n) is 6.47. The van der Waals surface area contributed by atoms with Gasteiger partial charge in [0, 0.05) is 49.7 Å². The molecular weight excluding hydrogens is 484 g/mol. The van der Waals surface area contributed by atoms with Gasteiger partial charge in [0.1, 0.15) is 5.65 Å². The van der Waals surface area contributed by atoms with Gasteiger partial charge in [0.2, 0.25) is 0 Å². The fourth-order valence-corrected chi connectivity index (χ4v) is 4.64. The number of methoxy groups -OCH3 is 2. The molecular formula is C29H32N4O5. The summed E-state index contributed by atoms with van der Waals surface area (Å²) in [5.74, 6) is -0.240. The molecule has 3 N–H and O–H groups in total. The molecule has 1 saturated heterocycles. The molecule has 2 aromatic heterocycles. The smallest absolute Gasteiger partial charge is 0.411 e. The highest BCUT2D eigenvalue weighted by atomic mass is 16.5. The number of hydrogen-bond donors (Lipinski definition) is 3. The zero-order chi connectivity index (χ0) is 27.1. The Kier molecular flexibility index (Phi) is 8.73. The molecule has 1 atom stereocenters. The van der Waals surface area contributed by atoms with Crippen LogP contribution in [0.5, 0.6) is 0 Å². The third kappa shape index (κ3) is 5.69. The Bertz CT molecular complexity index is 1400. The lowest BCUT2D eigenvalue weighted by atomic mass is 9.99. The number of carbonyl (C=O) groups excluding carboxylic acids is 2. The number of anilines is 1. The van der Waals surface area contributed by atoms with Crippen LogP contribution in [0.15, 0.2) is 67.0 Å². The van der Waals surface area contributed by atoms with Crippen LogP contribution in [0.3, 0.4) is 0 Å². The minimum atomic E-state index is -0.658. The van der Waals surface area contributed by atoms with Gasteiger partial charge in [-0.3, -0.25) is 10.1 Å². The first-order chi connectivity index (χ1) is 18.5. The number of fused-ring (bicyclic) bond motifs is 1. The van der Waals surface area contributed by atoms with Crippen LogP contribution in [-0.4, -0.2) is 72.5 Å². The highest BCUT2D eigenvalue weighted by molar-refractivity contribution is 6.04. The lowest BCUT2D eigenvalue weighted by Crippen LogP contribution is -2.38. The van der Waals surface area contributed by atoms with E-state index in [1.165, 1.54) is 7.11 Å². The number of hydrogen-bond acceptors (Lipinski definition) is 6. The van der Waals surface area contributed by atoms with Crippen molar-refractivity contribution in [2.75, 3.05) is 39.8 Å². The number of benzene rings is 2. The number of nitrogens with one attached hydrogen (secondary N) is 2. The average molecular weight is 517 g/mol. The molecule has 38 heavy (non-hydrogen) atoms. The quantitative estimate of drug-likeness (QED) is 0.346. The number of aliphatic hydroxyl groups excluding tert-OH is 1. The van der Waals surface area contributed by atoms with E-state index < -0.39 is 6.09 Å². The van der Waals surface area contributed by atoms with E-state index in [-0.39, 0.29) is 18.6 Å². The number of pyridine rings is 1. The normalized spacial score (nSPS) is 14.6. The summed E-state index contributed by atoms with van der Waals surface area (Å²) in [5.41, 5.74) is 5.22. The summed E-state index contributed by atoms with van der Waals surface area (Å²) in [6, 6.07) is 17.2. The van der Waals surface area contributed by atoms with Gasteiger partial charge in [-0.05, 0) is 42.2 Å². The Morgan fingerprint density at radius 2 is 1.84 bits per heavy atom. The number of aromatic nitrogens is 2. The van der Waals surface area contributed by atoms with Gasteiger partial charge >= 0.3 is 6.09 Å². The molecule has 5 rings (SSSR count). The summed E-state index contributed by atoms with van der Waals surface area (Å²) in [6.07, 6.45) is 4.62. The molecule has 0 aliphatic carbocycles. The minimum Gasteiger partial charge on any atom is -0.453 e. The molecule has 1 aliphatic rings. The van der Waals surface area contributed by atoms with Crippen molar-refractivity contribution >= 4 is 28.7 Å². The Labute approximate surface area is 221 Å². The highest BCUT2D eigenvalue weighted by Gasteiger charge is 2.30. The van der Waals surface area contributed by atoms with E-state index in [2.05, 4.69) is 20.0 Å². The van der Waals surface area contributed by atoms with Crippen molar-refractivity contribution in [3.05, 3.63) is 72.6 Å². The van der Waals surface area contributed by atoms with E-state index in [0.717, 1.165) is 46.1 Å². The largest absolute Gasteiger partial charge is 0.453 e. The number of rotatable bonds is 5. The third-order valence-corrected chi connectivity index (χ3v) is 6.47. The molecule has 1 aliphatic heterocycles. The molecule has 2 amide bonds. The molecule has 9 heteroatoms. The number of carbonyl (C=O) groups is 2. The average Bonchev–Trinajstić information content (AvgIpc) is 3.60. The van der Waals surface area contributed by atoms with Gasteiger partial charge in [0.15, 0.2) is 0 Å². The summed E-state index contributed by atoms with van der Waals surface area (Å²) >= 11 is 0. The Morgan fingerprint density at radius 1 is 1.08 bits per heavy atom. The molecule has 1 fully saturated rings. The lowest BCUT2D eigenvalue weighted by molar-refractivity contribution is 0.0678. The van der Waals surface area contributed by atoms with Crippen molar-refractivity contribution in [2.24, 2.45) is 0 Å². The molecule has 0 saturated carbocycles. The van der Waals surface area contributed by atoms with Crippen LogP contribution in [0, 0.1) is 0 Å². The number of nitrogens with zero attached hydrogens (tertiary/aromatic N) is 2. The van der Waals surface area contributed by atoms with Crippen LogP contribution < -0.4 is 5.32 Å². The number of likely N-dealkylation sites (tertiary alicyclic amines) is 1. The van der Waals surface area contributed by atoms with Gasteiger partial charge in [-0.2, -0.15) is 0 Å². The highest BCUT2D eigenvalue weighted by Crippen LogP contribution is 2.33. The Morgan fingerprint density at radius 3 is 2.55 bits per heavy atom. The van der Waals surface area contributed by atoms with E-state index in [1.807, 2.05) is 48.7 Å². The summed E-state index contributed by atoms with van der Waals surface area (Å²) in [6.45, 7) is 0.463. The number of ether oxygens (including phenoxy) is 2. The maximum absolute atomic E-state index is 13.5. The molecule has 4 aromatic rings. The molecule has 2 aromatic carbocycles. The van der Waals surface area contributed by atoms with E-state index in [9.17, 15) is 14.7 Å². The maximum Gasteiger partial charge on any atom is 0.411 e. The Hall–Kier alpha value is -4.21.